The van der Waals surface area contributed by atoms with Crippen LogP contribution >= 0.6 is 0 Å². The van der Waals surface area contributed by atoms with Gasteiger partial charge in [-0.15, -0.1) is 0 Å². The summed E-state index contributed by atoms with van der Waals surface area (Å²) in [5, 5.41) is 29.7. The average Bonchev–Trinajstić information content (AvgIpc) is 3.00. The molecule has 4 rings (SSSR count). The molecule has 0 aliphatic carbocycles. The molecule has 1 heterocycles. The first-order chi connectivity index (χ1) is 21.8. The lowest BCUT2D eigenvalue weighted by atomic mass is 9.76. The Balaban J connectivity index is 1.46. The Morgan fingerprint density at radius 2 is 1.43 bits per heavy atom. The molecule has 4 unspecified atom stereocenters. The second-order valence-electron chi connectivity index (χ2n) is 12.3. The summed E-state index contributed by atoms with van der Waals surface area (Å²) < 4.78 is 38.6. The number of nitrogens with zero attached hydrogens (tertiary/aromatic N) is 1. The van der Waals surface area contributed by atoms with Crippen LogP contribution in [0, 0.1) is 17.7 Å². The Morgan fingerprint density at radius 3 is 2.00 bits per heavy atom. The predicted molar refractivity (Wildman–Crippen MR) is 175 cm³/mol. The zero-order valence-electron chi connectivity index (χ0n) is 26.2. The fraction of sp³-hybridized carbons (Fsp3) is 0.429. The van der Waals surface area contributed by atoms with Gasteiger partial charge in [-0.05, 0) is 97.4 Å². The molecule has 3 aromatic carbocycles. The summed E-state index contributed by atoms with van der Waals surface area (Å²) >= 11 is 0. The van der Waals surface area contributed by atoms with Crippen LogP contribution in [0.2, 0.25) is 0 Å². The third kappa shape index (κ3) is 9.37. The highest BCUT2D eigenvalue weighted by Crippen LogP contribution is 2.49. The van der Waals surface area contributed by atoms with Crippen molar-refractivity contribution in [3.8, 4) is 0 Å². The number of halogens is 1. The van der Waals surface area contributed by atoms with E-state index in [4.69, 9.17) is 10.2 Å². The second kappa shape index (κ2) is 15.7. The van der Waals surface area contributed by atoms with Crippen LogP contribution in [0.1, 0.15) is 73.2 Å². The number of rotatable bonds is 17. The summed E-state index contributed by atoms with van der Waals surface area (Å²) in [6.45, 7) is 2.46. The first kappa shape index (κ1) is 35.1. The quantitative estimate of drug-likeness (QED) is 0.110. The van der Waals surface area contributed by atoms with E-state index in [-0.39, 0.29) is 30.1 Å². The maximum absolute atomic E-state index is 13.5. The number of hydrogen-bond acceptors (Lipinski definition) is 6. The molecule has 1 saturated heterocycles. The molecule has 0 radical (unpaired) electrons. The molecular weight excluding hydrogens is 611 g/mol. The van der Waals surface area contributed by atoms with Crippen LogP contribution < -0.4 is 9.62 Å². The number of anilines is 1. The van der Waals surface area contributed by atoms with Crippen LogP contribution in [0.5, 0.6) is 0 Å². The van der Waals surface area contributed by atoms with Crippen LogP contribution in [0.25, 0.3) is 0 Å². The first-order valence-electron chi connectivity index (χ1n) is 15.6. The van der Waals surface area contributed by atoms with Gasteiger partial charge < -0.3 is 20.2 Å². The normalized spacial score (nSPS) is 18.7. The van der Waals surface area contributed by atoms with Gasteiger partial charge in [0.25, 0.3) is 0 Å². The number of aliphatic hydroxyl groups is 1. The third-order valence-corrected chi connectivity index (χ3v) is 9.59. The molecule has 0 saturated carbocycles. The third-order valence-electron chi connectivity index (χ3n) is 8.86. The predicted octanol–water partition coefficient (Wildman–Crippen LogP) is 5.50. The minimum Gasteiger partial charge on any atom is -0.481 e. The zero-order chi connectivity index (χ0) is 33.4. The minimum absolute atomic E-state index is 0.0491. The second-order valence-corrected chi connectivity index (χ2v) is 14.1. The number of sulfonamides is 1. The fourth-order valence-corrected chi connectivity index (χ4v) is 6.71. The number of carbonyl (C=O) groups is 2. The van der Waals surface area contributed by atoms with E-state index in [1.54, 1.807) is 12.1 Å². The highest BCUT2D eigenvalue weighted by atomic mass is 32.2. The Bertz CT molecular complexity index is 1550. The first-order valence-corrected chi connectivity index (χ1v) is 17.5. The molecule has 4 N–H and O–H groups in total. The molecule has 1 fully saturated rings. The number of aryl methyl sites for hydroxylation is 2. The van der Waals surface area contributed by atoms with Crippen LogP contribution in [0.3, 0.4) is 0 Å². The van der Waals surface area contributed by atoms with Crippen LogP contribution in [-0.2, 0) is 32.5 Å². The van der Waals surface area contributed by atoms with Gasteiger partial charge in [0.15, 0.2) is 5.92 Å². The molecule has 0 bridgehead atoms. The number of benzene rings is 3. The summed E-state index contributed by atoms with van der Waals surface area (Å²) in [7, 11) is -3.22. The summed E-state index contributed by atoms with van der Waals surface area (Å²) in [4.78, 5) is 24.4. The van der Waals surface area contributed by atoms with Gasteiger partial charge >= 0.3 is 11.9 Å². The molecule has 1 aliphatic heterocycles. The standard InChI is InChI=1S/C35H43FN2O7S/c1-23(26-15-17-28(36)18-16-26)8-21-30-32(27-13-9-24(10-14-27)5-3-7-31(34(40)41)35(42)43)38(33(30)39)29-19-11-25(12-20-29)6-4-22-37-46(2,44)45/h9-20,23,30-33,37,39H,3-8,21-22H2,1-2H3,(H,40,41)(H,42,43). The van der Waals surface area contributed by atoms with E-state index in [9.17, 15) is 27.5 Å². The number of carboxylic acid groups (broad SMARTS) is 2. The van der Waals surface area contributed by atoms with Crippen LogP contribution in [-0.4, -0.2) is 54.7 Å². The Kier molecular flexibility index (Phi) is 11.9. The van der Waals surface area contributed by atoms with Gasteiger partial charge in [0.2, 0.25) is 10.0 Å². The number of aliphatic hydroxyl groups excluding tert-OH is 1. The number of nitrogens with one attached hydrogen (secondary N) is 1. The SMILES string of the molecule is CC(CCC1C(O)N(c2ccc(CCCNS(C)(=O)=O)cc2)C1c1ccc(CCCC(C(=O)O)C(=O)O)cc1)c1ccc(F)cc1. The van der Waals surface area contributed by atoms with Crippen molar-refractivity contribution in [2.24, 2.45) is 11.8 Å². The van der Waals surface area contributed by atoms with Gasteiger partial charge in [-0.25, -0.2) is 17.5 Å². The fourth-order valence-electron chi connectivity index (χ4n) is 6.20. The summed E-state index contributed by atoms with van der Waals surface area (Å²) in [5.41, 5.74) is 4.98. The van der Waals surface area contributed by atoms with Gasteiger partial charge in [-0.3, -0.25) is 9.59 Å². The van der Waals surface area contributed by atoms with Crippen molar-refractivity contribution in [1.29, 1.82) is 0 Å². The lowest BCUT2D eigenvalue weighted by Gasteiger charge is -2.54. The minimum atomic E-state index is -3.22. The topological polar surface area (TPSA) is 144 Å². The molecule has 248 valence electrons. The molecular formula is C35H43FN2O7S. The lowest BCUT2D eigenvalue weighted by molar-refractivity contribution is -0.154. The molecule has 9 nitrogen and oxygen atoms in total. The molecule has 0 aromatic heterocycles. The van der Waals surface area contributed by atoms with Crippen molar-refractivity contribution in [3.63, 3.8) is 0 Å². The van der Waals surface area contributed by atoms with Crippen molar-refractivity contribution < 1.29 is 37.7 Å². The van der Waals surface area contributed by atoms with Crippen molar-refractivity contribution in [3.05, 3.63) is 101 Å². The zero-order valence-corrected chi connectivity index (χ0v) is 27.0. The largest absolute Gasteiger partial charge is 0.481 e. The number of carboxylic acids is 2. The van der Waals surface area contributed by atoms with E-state index in [0.29, 0.717) is 32.2 Å². The molecule has 3 aromatic rings. The smallest absolute Gasteiger partial charge is 0.317 e. The average molecular weight is 655 g/mol. The van der Waals surface area contributed by atoms with Gasteiger partial charge in [0.05, 0.1) is 12.3 Å². The summed E-state index contributed by atoms with van der Waals surface area (Å²) in [5.74, 6) is -4.22. The molecule has 4 atom stereocenters. The highest BCUT2D eigenvalue weighted by molar-refractivity contribution is 7.88. The van der Waals surface area contributed by atoms with E-state index in [2.05, 4.69) is 11.6 Å². The molecule has 1 aliphatic rings. The molecule has 46 heavy (non-hydrogen) atoms. The van der Waals surface area contributed by atoms with Crippen LogP contribution in [0.15, 0.2) is 72.8 Å². The van der Waals surface area contributed by atoms with E-state index in [0.717, 1.165) is 47.0 Å². The van der Waals surface area contributed by atoms with Gasteiger partial charge in [0.1, 0.15) is 12.0 Å². The van der Waals surface area contributed by atoms with Crippen molar-refractivity contribution >= 4 is 27.6 Å². The lowest BCUT2D eigenvalue weighted by Crippen LogP contribution is -2.58. The monoisotopic (exact) mass is 654 g/mol. The summed E-state index contributed by atoms with van der Waals surface area (Å²) in [6.07, 6.45) is 4.39. The number of aliphatic carboxylic acids is 2. The van der Waals surface area contributed by atoms with Gasteiger partial charge in [-0.2, -0.15) is 0 Å². The molecule has 11 heteroatoms. The molecule has 0 amide bonds. The van der Waals surface area contributed by atoms with Crippen LogP contribution in [0.4, 0.5) is 10.1 Å². The van der Waals surface area contributed by atoms with E-state index < -0.39 is 34.1 Å². The Labute approximate surface area is 270 Å². The maximum Gasteiger partial charge on any atom is 0.317 e. The Hall–Kier alpha value is -3.80. The highest BCUT2D eigenvalue weighted by Gasteiger charge is 2.48. The number of hydrogen-bond donors (Lipinski definition) is 4. The molecule has 0 spiro atoms. The maximum atomic E-state index is 13.5. The van der Waals surface area contributed by atoms with Crippen molar-refractivity contribution in [1.82, 2.24) is 4.72 Å². The van der Waals surface area contributed by atoms with E-state index in [1.165, 1.54) is 12.1 Å². The van der Waals surface area contributed by atoms with E-state index in [1.807, 2.05) is 53.4 Å². The van der Waals surface area contributed by atoms with Gasteiger partial charge in [-0.1, -0.05) is 55.5 Å². The Morgan fingerprint density at radius 1 is 0.870 bits per heavy atom. The van der Waals surface area contributed by atoms with Crippen molar-refractivity contribution in [2.45, 2.75) is 70.1 Å². The summed E-state index contributed by atoms with van der Waals surface area (Å²) in [6, 6.07) is 22.3. The van der Waals surface area contributed by atoms with E-state index >= 15 is 0 Å². The van der Waals surface area contributed by atoms with Gasteiger partial charge in [0, 0.05) is 18.2 Å². The van der Waals surface area contributed by atoms with Crippen molar-refractivity contribution in [2.75, 3.05) is 17.7 Å².